The van der Waals surface area contributed by atoms with Crippen LogP contribution >= 0.6 is 0 Å². The summed E-state index contributed by atoms with van der Waals surface area (Å²) >= 11 is 0. The fraction of sp³-hybridized carbons (Fsp3) is 0.412. The molecule has 0 aliphatic heterocycles. The maximum absolute atomic E-state index is 12.5. The lowest BCUT2D eigenvalue weighted by Gasteiger charge is -2.06. The van der Waals surface area contributed by atoms with E-state index in [0.29, 0.717) is 11.5 Å². The summed E-state index contributed by atoms with van der Waals surface area (Å²) in [6, 6.07) is 7.62. The van der Waals surface area contributed by atoms with Crippen LogP contribution in [-0.2, 0) is 6.42 Å². The van der Waals surface area contributed by atoms with E-state index in [1.54, 1.807) is 0 Å². The molecular formula is C17H22N2O. The van der Waals surface area contributed by atoms with E-state index in [9.17, 15) is 4.79 Å². The van der Waals surface area contributed by atoms with Crippen LogP contribution in [0.3, 0.4) is 0 Å². The Morgan fingerprint density at radius 2 is 1.75 bits per heavy atom. The van der Waals surface area contributed by atoms with Gasteiger partial charge in [0, 0.05) is 11.3 Å². The molecule has 0 saturated carbocycles. The summed E-state index contributed by atoms with van der Waals surface area (Å²) in [4.78, 5) is 12.5. The molecule has 0 spiro atoms. The summed E-state index contributed by atoms with van der Waals surface area (Å²) in [5.74, 6) is 0.500. The lowest BCUT2D eigenvalue weighted by Crippen LogP contribution is -2.15. The fourth-order valence-electron chi connectivity index (χ4n) is 2.39. The minimum Gasteiger partial charge on any atom is -0.267 e. The number of nitrogens with zero attached hydrogens (tertiary/aromatic N) is 2. The van der Waals surface area contributed by atoms with E-state index in [1.165, 1.54) is 10.2 Å². The Morgan fingerprint density at radius 3 is 2.30 bits per heavy atom. The highest BCUT2D eigenvalue weighted by Gasteiger charge is 2.18. The van der Waals surface area contributed by atoms with Crippen LogP contribution in [0.2, 0.25) is 0 Å². The molecule has 20 heavy (non-hydrogen) atoms. The van der Waals surface area contributed by atoms with Crippen molar-refractivity contribution in [3.8, 4) is 0 Å². The Balaban J connectivity index is 2.38. The van der Waals surface area contributed by atoms with Crippen LogP contribution in [0.25, 0.3) is 0 Å². The Hall–Kier alpha value is -1.90. The molecule has 1 aromatic carbocycles. The van der Waals surface area contributed by atoms with Crippen molar-refractivity contribution < 1.29 is 4.79 Å². The van der Waals surface area contributed by atoms with E-state index in [-0.39, 0.29) is 5.91 Å². The number of aromatic nitrogens is 2. The standard InChI is InChI=1S/C17H22N2O/c1-11(2)10-16-13(4)18-19(14(16)5)17(20)15-8-6-12(3)7-9-15/h6-9,11H,10H2,1-5H3. The minimum atomic E-state index is -0.0550. The Labute approximate surface area is 120 Å². The second-order valence-electron chi connectivity index (χ2n) is 5.83. The molecule has 106 valence electrons. The first-order valence-electron chi connectivity index (χ1n) is 7.06. The van der Waals surface area contributed by atoms with Crippen LogP contribution in [0.15, 0.2) is 24.3 Å². The predicted molar refractivity (Wildman–Crippen MR) is 81.2 cm³/mol. The van der Waals surface area contributed by atoms with Crippen molar-refractivity contribution >= 4 is 5.91 Å². The second-order valence-corrected chi connectivity index (χ2v) is 5.83. The Bertz CT molecular complexity index is 621. The number of hydrogen-bond donors (Lipinski definition) is 0. The van der Waals surface area contributed by atoms with Crippen LogP contribution in [-0.4, -0.2) is 15.7 Å². The molecule has 0 fully saturated rings. The van der Waals surface area contributed by atoms with Crippen molar-refractivity contribution in [3.05, 3.63) is 52.3 Å². The van der Waals surface area contributed by atoms with Gasteiger partial charge in [0.25, 0.3) is 5.91 Å². The van der Waals surface area contributed by atoms with E-state index < -0.39 is 0 Å². The van der Waals surface area contributed by atoms with Crippen molar-refractivity contribution in [1.82, 2.24) is 9.78 Å². The van der Waals surface area contributed by atoms with Gasteiger partial charge in [-0.15, -0.1) is 0 Å². The van der Waals surface area contributed by atoms with Gasteiger partial charge in [0.2, 0.25) is 0 Å². The lowest BCUT2D eigenvalue weighted by atomic mass is 10.0. The van der Waals surface area contributed by atoms with Crippen LogP contribution in [0.5, 0.6) is 0 Å². The smallest absolute Gasteiger partial charge is 0.267 e. The van der Waals surface area contributed by atoms with Gasteiger partial charge < -0.3 is 0 Å². The number of carbonyl (C=O) groups is 1. The van der Waals surface area contributed by atoms with E-state index in [1.807, 2.05) is 45.0 Å². The van der Waals surface area contributed by atoms with Crippen molar-refractivity contribution in [2.75, 3.05) is 0 Å². The molecule has 0 bridgehead atoms. The average molecular weight is 270 g/mol. The zero-order valence-electron chi connectivity index (χ0n) is 12.9. The van der Waals surface area contributed by atoms with Crippen molar-refractivity contribution in [2.45, 2.75) is 41.0 Å². The summed E-state index contributed by atoms with van der Waals surface area (Å²) in [6.45, 7) is 10.3. The highest BCUT2D eigenvalue weighted by Crippen LogP contribution is 2.18. The van der Waals surface area contributed by atoms with Gasteiger partial charge in [-0.1, -0.05) is 31.5 Å². The first-order chi connectivity index (χ1) is 9.40. The van der Waals surface area contributed by atoms with Crippen molar-refractivity contribution in [2.24, 2.45) is 5.92 Å². The largest absolute Gasteiger partial charge is 0.278 e. The zero-order valence-corrected chi connectivity index (χ0v) is 12.9. The molecule has 1 aromatic heterocycles. The molecule has 0 atom stereocenters. The van der Waals surface area contributed by atoms with E-state index in [0.717, 1.165) is 23.4 Å². The molecule has 1 heterocycles. The van der Waals surface area contributed by atoms with Gasteiger partial charge in [-0.2, -0.15) is 5.10 Å². The normalized spacial score (nSPS) is 11.1. The van der Waals surface area contributed by atoms with Crippen LogP contribution in [0, 0.1) is 26.7 Å². The Kier molecular flexibility index (Phi) is 4.07. The van der Waals surface area contributed by atoms with Crippen LogP contribution < -0.4 is 0 Å². The van der Waals surface area contributed by atoms with E-state index in [2.05, 4.69) is 18.9 Å². The quantitative estimate of drug-likeness (QED) is 0.852. The molecule has 0 unspecified atom stereocenters. The van der Waals surface area contributed by atoms with Gasteiger partial charge >= 0.3 is 0 Å². The highest BCUT2D eigenvalue weighted by molar-refractivity contribution is 5.95. The summed E-state index contributed by atoms with van der Waals surface area (Å²) < 4.78 is 1.54. The summed E-state index contributed by atoms with van der Waals surface area (Å²) in [5, 5.41) is 4.43. The monoisotopic (exact) mass is 270 g/mol. The lowest BCUT2D eigenvalue weighted by molar-refractivity contribution is 0.0942. The van der Waals surface area contributed by atoms with Gasteiger partial charge in [-0.3, -0.25) is 4.79 Å². The molecule has 0 aliphatic carbocycles. The van der Waals surface area contributed by atoms with Crippen molar-refractivity contribution in [1.29, 1.82) is 0 Å². The molecule has 0 saturated heterocycles. The SMILES string of the molecule is Cc1ccc(C(=O)n2nc(C)c(CC(C)C)c2C)cc1. The van der Waals surface area contributed by atoms with Gasteiger partial charge in [-0.25, -0.2) is 4.68 Å². The molecule has 3 nitrogen and oxygen atoms in total. The number of carbonyl (C=O) groups excluding carboxylic acids is 1. The number of aryl methyl sites for hydroxylation is 2. The third kappa shape index (κ3) is 2.82. The first-order valence-corrected chi connectivity index (χ1v) is 7.06. The van der Waals surface area contributed by atoms with Crippen LogP contribution in [0.1, 0.15) is 46.7 Å². The average Bonchev–Trinajstić information content (AvgIpc) is 2.66. The molecule has 0 N–H and O–H groups in total. The summed E-state index contributed by atoms with van der Waals surface area (Å²) in [5.41, 5.74) is 4.94. The topological polar surface area (TPSA) is 34.9 Å². The third-order valence-corrected chi connectivity index (χ3v) is 3.54. The van der Waals surface area contributed by atoms with Gasteiger partial charge in [0.05, 0.1) is 5.69 Å². The maximum atomic E-state index is 12.5. The Morgan fingerprint density at radius 1 is 1.15 bits per heavy atom. The zero-order chi connectivity index (χ0) is 14.9. The molecule has 0 amide bonds. The first kappa shape index (κ1) is 14.5. The van der Waals surface area contributed by atoms with Crippen molar-refractivity contribution in [3.63, 3.8) is 0 Å². The van der Waals surface area contributed by atoms with Gasteiger partial charge in [0.15, 0.2) is 0 Å². The fourth-order valence-corrected chi connectivity index (χ4v) is 2.39. The highest BCUT2D eigenvalue weighted by atomic mass is 16.2. The number of rotatable bonds is 3. The van der Waals surface area contributed by atoms with Gasteiger partial charge in [0.1, 0.15) is 0 Å². The molecule has 2 rings (SSSR count). The molecule has 2 aromatic rings. The number of benzene rings is 1. The van der Waals surface area contributed by atoms with E-state index in [4.69, 9.17) is 0 Å². The number of hydrogen-bond acceptors (Lipinski definition) is 2. The summed E-state index contributed by atoms with van der Waals surface area (Å²) in [6.07, 6.45) is 0.957. The predicted octanol–water partition coefficient (Wildman–Crippen LogP) is 3.70. The summed E-state index contributed by atoms with van der Waals surface area (Å²) in [7, 11) is 0. The molecule has 0 radical (unpaired) electrons. The molecule has 0 aliphatic rings. The second kappa shape index (κ2) is 5.61. The molecule has 3 heteroatoms. The minimum absolute atomic E-state index is 0.0550. The third-order valence-electron chi connectivity index (χ3n) is 3.54. The maximum Gasteiger partial charge on any atom is 0.278 e. The van der Waals surface area contributed by atoms with E-state index >= 15 is 0 Å². The van der Waals surface area contributed by atoms with Crippen LogP contribution in [0.4, 0.5) is 0 Å². The van der Waals surface area contributed by atoms with Gasteiger partial charge in [-0.05, 0) is 50.8 Å². The molecular weight excluding hydrogens is 248 g/mol.